The first kappa shape index (κ1) is 22.1. The molecule has 1 fully saturated rings. The number of hydrogen-bond acceptors (Lipinski definition) is 3. The van der Waals surface area contributed by atoms with Gasteiger partial charge < -0.3 is 10.2 Å². The van der Waals surface area contributed by atoms with Crippen LogP contribution in [0.3, 0.4) is 0 Å². The Morgan fingerprint density at radius 3 is 2.56 bits per heavy atom. The summed E-state index contributed by atoms with van der Waals surface area (Å²) in [7, 11) is 0. The zero-order chi connectivity index (χ0) is 18.5. The lowest BCUT2D eigenvalue weighted by Crippen LogP contribution is -2.21. The van der Waals surface area contributed by atoms with Crippen molar-refractivity contribution in [2.45, 2.75) is 71.1 Å². The van der Waals surface area contributed by atoms with E-state index >= 15 is 0 Å². The molecule has 0 aliphatic heterocycles. The highest BCUT2D eigenvalue weighted by Gasteiger charge is 2.38. The van der Waals surface area contributed by atoms with E-state index < -0.39 is 11.9 Å². The average Bonchev–Trinajstić information content (AvgIpc) is 2.97. The quantitative estimate of drug-likeness (QED) is 0.323. The van der Waals surface area contributed by atoms with Gasteiger partial charge >= 0.3 is 11.9 Å². The number of carboxylic acid groups (broad SMARTS) is 2. The van der Waals surface area contributed by atoms with Crippen molar-refractivity contribution in [3.63, 3.8) is 0 Å². The molecule has 0 bridgehead atoms. The zero-order valence-electron chi connectivity index (χ0n) is 15.5. The standard InChI is InChI=1S/C20H34O4S/c1-2-3-4-5-6-7-10-16-12-13-18(20(23)24)17(16)11-8-9-14-25-15-19(21)22/h7,10,16-18H,2-6,8-9,11-15H2,1H3,(H,21,22)(H,23,24)/t16-,17+,18+/m0/s1. The summed E-state index contributed by atoms with van der Waals surface area (Å²) in [4.78, 5) is 22.0. The Hall–Kier alpha value is -0.970. The molecule has 1 saturated carbocycles. The van der Waals surface area contributed by atoms with Crippen LogP contribution in [-0.4, -0.2) is 33.7 Å². The lowest BCUT2D eigenvalue weighted by atomic mass is 9.84. The Bertz CT molecular complexity index is 422. The largest absolute Gasteiger partial charge is 0.481 e. The highest BCUT2D eigenvalue weighted by molar-refractivity contribution is 7.99. The molecule has 0 amide bonds. The molecule has 144 valence electrons. The van der Waals surface area contributed by atoms with Gasteiger partial charge in [0.15, 0.2) is 0 Å². The van der Waals surface area contributed by atoms with Gasteiger partial charge in [-0.1, -0.05) is 44.8 Å². The molecule has 0 saturated heterocycles. The van der Waals surface area contributed by atoms with Crippen molar-refractivity contribution in [2.75, 3.05) is 11.5 Å². The lowest BCUT2D eigenvalue weighted by Gasteiger charge is -2.20. The van der Waals surface area contributed by atoms with Gasteiger partial charge in [0.05, 0.1) is 11.7 Å². The minimum Gasteiger partial charge on any atom is -0.481 e. The molecule has 0 unspecified atom stereocenters. The molecule has 5 heteroatoms. The topological polar surface area (TPSA) is 74.6 Å². The smallest absolute Gasteiger partial charge is 0.313 e. The summed E-state index contributed by atoms with van der Waals surface area (Å²) in [5.41, 5.74) is 0. The van der Waals surface area contributed by atoms with Gasteiger partial charge in [0.2, 0.25) is 0 Å². The van der Waals surface area contributed by atoms with Crippen molar-refractivity contribution in [3.05, 3.63) is 12.2 Å². The molecule has 4 nitrogen and oxygen atoms in total. The highest BCUT2D eigenvalue weighted by Crippen LogP contribution is 2.41. The molecular weight excluding hydrogens is 336 g/mol. The van der Waals surface area contributed by atoms with Crippen LogP contribution in [0.1, 0.15) is 71.1 Å². The van der Waals surface area contributed by atoms with Gasteiger partial charge in [-0.25, -0.2) is 0 Å². The van der Waals surface area contributed by atoms with Crippen molar-refractivity contribution in [2.24, 2.45) is 17.8 Å². The number of carbonyl (C=O) groups is 2. The number of hydrogen-bond donors (Lipinski definition) is 2. The molecule has 1 rings (SSSR count). The van der Waals surface area contributed by atoms with Gasteiger partial charge in [0, 0.05) is 0 Å². The van der Waals surface area contributed by atoms with E-state index in [0.717, 1.165) is 44.3 Å². The zero-order valence-corrected chi connectivity index (χ0v) is 16.3. The van der Waals surface area contributed by atoms with Crippen LogP contribution < -0.4 is 0 Å². The lowest BCUT2D eigenvalue weighted by molar-refractivity contribution is -0.143. The van der Waals surface area contributed by atoms with E-state index in [4.69, 9.17) is 5.11 Å². The van der Waals surface area contributed by atoms with Crippen LogP contribution in [0.15, 0.2) is 12.2 Å². The van der Waals surface area contributed by atoms with Crippen LogP contribution in [-0.2, 0) is 9.59 Å². The maximum Gasteiger partial charge on any atom is 0.313 e. The van der Waals surface area contributed by atoms with Gasteiger partial charge in [-0.2, -0.15) is 11.8 Å². The Morgan fingerprint density at radius 1 is 1.08 bits per heavy atom. The van der Waals surface area contributed by atoms with Crippen LogP contribution in [0, 0.1) is 17.8 Å². The maximum atomic E-state index is 11.5. The van der Waals surface area contributed by atoms with E-state index in [2.05, 4.69) is 19.1 Å². The summed E-state index contributed by atoms with van der Waals surface area (Å²) in [6, 6.07) is 0. The maximum absolute atomic E-state index is 11.5. The van der Waals surface area contributed by atoms with Crippen molar-refractivity contribution >= 4 is 23.7 Å². The third kappa shape index (κ3) is 9.34. The molecule has 0 aromatic heterocycles. The number of allylic oxidation sites excluding steroid dienone is 2. The average molecular weight is 371 g/mol. The summed E-state index contributed by atoms with van der Waals surface area (Å²) in [5, 5.41) is 18.1. The first-order valence-electron chi connectivity index (χ1n) is 9.75. The molecule has 0 aromatic rings. The summed E-state index contributed by atoms with van der Waals surface area (Å²) >= 11 is 1.45. The number of carboxylic acids is 2. The number of unbranched alkanes of at least 4 members (excludes halogenated alkanes) is 5. The number of rotatable bonds is 14. The fourth-order valence-corrected chi connectivity index (χ4v) is 4.49. The van der Waals surface area contributed by atoms with E-state index in [-0.39, 0.29) is 17.6 Å². The van der Waals surface area contributed by atoms with Crippen molar-refractivity contribution in [1.29, 1.82) is 0 Å². The third-order valence-corrected chi connectivity index (χ3v) is 6.13. The first-order chi connectivity index (χ1) is 12.1. The molecule has 0 heterocycles. The summed E-state index contributed by atoms with van der Waals surface area (Å²) < 4.78 is 0. The molecule has 25 heavy (non-hydrogen) atoms. The minimum atomic E-state index is -0.768. The van der Waals surface area contributed by atoms with Gasteiger partial charge in [0.25, 0.3) is 0 Å². The van der Waals surface area contributed by atoms with Crippen LogP contribution in [0.4, 0.5) is 0 Å². The second kappa shape index (κ2) is 13.3. The van der Waals surface area contributed by atoms with Crippen molar-refractivity contribution in [3.8, 4) is 0 Å². The predicted octanol–water partition coefficient (Wildman–Crippen LogP) is 5.23. The summed E-state index contributed by atoms with van der Waals surface area (Å²) in [6.45, 7) is 2.21. The van der Waals surface area contributed by atoms with E-state index in [0.29, 0.717) is 5.92 Å². The van der Waals surface area contributed by atoms with Crippen LogP contribution >= 0.6 is 11.8 Å². The molecule has 2 N–H and O–H groups in total. The Kier molecular flexibility index (Phi) is 11.7. The molecule has 0 spiro atoms. The van der Waals surface area contributed by atoms with E-state index in [1.807, 2.05) is 0 Å². The van der Waals surface area contributed by atoms with Gasteiger partial charge in [-0.05, 0) is 56.1 Å². The van der Waals surface area contributed by atoms with Crippen molar-refractivity contribution in [1.82, 2.24) is 0 Å². The van der Waals surface area contributed by atoms with Crippen LogP contribution in [0.25, 0.3) is 0 Å². The van der Waals surface area contributed by atoms with E-state index in [9.17, 15) is 14.7 Å². The fraction of sp³-hybridized carbons (Fsp3) is 0.800. The summed E-state index contributed by atoms with van der Waals surface area (Å²) in [5.74, 6) is 0.0217. The molecule has 0 radical (unpaired) electrons. The van der Waals surface area contributed by atoms with Crippen LogP contribution in [0.2, 0.25) is 0 Å². The molecular formula is C20H34O4S. The highest BCUT2D eigenvalue weighted by atomic mass is 32.2. The molecule has 1 aliphatic rings. The Balaban J connectivity index is 2.36. The SMILES string of the molecule is CCCCCCC=C[C@H]1CC[C@@H](C(=O)O)[C@@H]1CCCCSCC(=O)O. The van der Waals surface area contributed by atoms with E-state index in [1.165, 1.54) is 37.4 Å². The number of aliphatic carboxylic acids is 2. The first-order valence-corrected chi connectivity index (χ1v) is 10.9. The monoisotopic (exact) mass is 370 g/mol. The van der Waals surface area contributed by atoms with Gasteiger partial charge in [-0.3, -0.25) is 9.59 Å². The van der Waals surface area contributed by atoms with Crippen molar-refractivity contribution < 1.29 is 19.8 Å². The number of thioether (sulfide) groups is 1. The summed E-state index contributed by atoms with van der Waals surface area (Å²) in [6.07, 6.45) is 15.4. The normalized spacial score (nSPS) is 23.3. The molecule has 3 atom stereocenters. The molecule has 0 aromatic carbocycles. The minimum absolute atomic E-state index is 0.157. The Morgan fingerprint density at radius 2 is 1.88 bits per heavy atom. The fourth-order valence-electron chi connectivity index (χ4n) is 3.76. The van der Waals surface area contributed by atoms with Gasteiger partial charge in [-0.15, -0.1) is 0 Å². The Labute approximate surface area is 156 Å². The second-order valence-electron chi connectivity index (χ2n) is 7.07. The third-order valence-electron chi connectivity index (χ3n) is 5.10. The van der Waals surface area contributed by atoms with Gasteiger partial charge in [0.1, 0.15) is 0 Å². The predicted molar refractivity (Wildman–Crippen MR) is 104 cm³/mol. The second-order valence-corrected chi connectivity index (χ2v) is 8.17. The van der Waals surface area contributed by atoms with Crippen LogP contribution in [0.5, 0.6) is 0 Å². The molecule has 1 aliphatic carbocycles. The van der Waals surface area contributed by atoms with E-state index in [1.54, 1.807) is 0 Å².